The molecule has 2 saturated heterocycles. The number of hydrogen-bond donors (Lipinski definition) is 3. The quantitative estimate of drug-likeness (QED) is 0.215. The van der Waals surface area contributed by atoms with Crippen molar-refractivity contribution in [2.24, 2.45) is 0 Å². The number of nitrogens with zero attached hydrogens (tertiary/aromatic N) is 9. The van der Waals surface area contributed by atoms with Crippen LogP contribution in [0.2, 0.25) is 5.02 Å². The SMILES string of the molecule is COCC1CCCN1C(=O)c1cccnc1-n1nc(Cn2nc(-c3ccc(Cl)cc3)n(C[C@H](O)C(F)(F)F)c2=O)nc1C(=O)N1CCS(O)(O)CC1. The molecule has 0 radical (unpaired) electrons. The molecule has 2 amide bonds. The molecule has 4 aromatic rings. The maximum Gasteiger partial charge on any atom is 0.416 e. The molecule has 1 unspecified atom stereocenters. The summed E-state index contributed by atoms with van der Waals surface area (Å²) in [5, 5.41) is 18.9. The van der Waals surface area contributed by atoms with Gasteiger partial charge in [0.2, 0.25) is 5.82 Å². The van der Waals surface area contributed by atoms with E-state index in [0.717, 1.165) is 22.2 Å². The lowest BCUT2D eigenvalue weighted by Crippen LogP contribution is -2.43. The Morgan fingerprint density at radius 1 is 1.08 bits per heavy atom. The maximum atomic E-state index is 14.0. The fourth-order valence-electron chi connectivity index (χ4n) is 6.07. The van der Waals surface area contributed by atoms with Crippen molar-refractivity contribution in [2.45, 2.75) is 44.3 Å². The molecule has 2 aliphatic rings. The fraction of sp³-hybridized carbons (Fsp3) is 0.452. The summed E-state index contributed by atoms with van der Waals surface area (Å²) in [5.41, 5.74) is -0.715. The summed E-state index contributed by atoms with van der Waals surface area (Å²) >= 11 is 5.99. The van der Waals surface area contributed by atoms with E-state index in [1.54, 1.807) is 11.0 Å². The van der Waals surface area contributed by atoms with E-state index in [1.165, 1.54) is 48.5 Å². The summed E-state index contributed by atoms with van der Waals surface area (Å²) in [5.74, 6) is -1.94. The molecule has 52 heavy (non-hydrogen) atoms. The minimum atomic E-state index is -5.04. The number of aliphatic hydroxyl groups is 1. The number of aromatic nitrogens is 7. The van der Waals surface area contributed by atoms with E-state index in [0.29, 0.717) is 22.7 Å². The Hall–Kier alpha value is -4.34. The molecule has 3 N–H and O–H groups in total. The molecular weight excluding hydrogens is 735 g/mol. The predicted octanol–water partition coefficient (Wildman–Crippen LogP) is 2.77. The van der Waals surface area contributed by atoms with E-state index < -0.39 is 53.5 Å². The fourth-order valence-corrected chi connectivity index (χ4v) is 7.42. The number of pyridine rings is 1. The van der Waals surface area contributed by atoms with Gasteiger partial charge in [-0.1, -0.05) is 11.6 Å². The Morgan fingerprint density at radius 3 is 2.46 bits per heavy atom. The molecule has 2 atom stereocenters. The first-order valence-corrected chi connectivity index (χ1v) is 18.4. The normalized spacial score (nSPS) is 18.8. The average Bonchev–Trinajstić information content (AvgIpc) is 3.83. The number of alkyl halides is 3. The minimum Gasteiger partial charge on any atom is -0.383 e. The Kier molecular flexibility index (Phi) is 10.8. The Morgan fingerprint density at radius 2 is 1.79 bits per heavy atom. The first-order chi connectivity index (χ1) is 24.7. The van der Waals surface area contributed by atoms with Crippen molar-refractivity contribution in [1.29, 1.82) is 0 Å². The molecular formula is C31H35ClF3N9O7S. The zero-order valence-electron chi connectivity index (χ0n) is 27.7. The second-order valence-corrected chi connectivity index (χ2v) is 15.2. The Balaban J connectivity index is 1.42. The van der Waals surface area contributed by atoms with Crippen molar-refractivity contribution < 1.29 is 41.7 Å². The van der Waals surface area contributed by atoms with Gasteiger partial charge in [0.15, 0.2) is 23.6 Å². The van der Waals surface area contributed by atoms with Crippen LogP contribution in [0.15, 0.2) is 47.4 Å². The van der Waals surface area contributed by atoms with Gasteiger partial charge in [0, 0.05) is 43.5 Å². The molecule has 0 spiro atoms. The number of ether oxygens (including phenoxy) is 1. The smallest absolute Gasteiger partial charge is 0.383 e. The van der Waals surface area contributed by atoms with Crippen molar-refractivity contribution in [1.82, 2.24) is 43.9 Å². The highest BCUT2D eigenvalue weighted by molar-refractivity contribution is 8.24. The van der Waals surface area contributed by atoms with Crippen molar-refractivity contribution >= 4 is 34.0 Å². The van der Waals surface area contributed by atoms with Crippen LogP contribution in [0.1, 0.15) is 39.6 Å². The van der Waals surface area contributed by atoms with Gasteiger partial charge >= 0.3 is 11.9 Å². The van der Waals surface area contributed by atoms with Gasteiger partial charge in [0.25, 0.3) is 11.8 Å². The van der Waals surface area contributed by atoms with Crippen molar-refractivity contribution in [3.8, 4) is 17.2 Å². The molecule has 5 heterocycles. The van der Waals surface area contributed by atoms with Crippen LogP contribution in [0.5, 0.6) is 0 Å². The van der Waals surface area contributed by atoms with E-state index in [1.807, 2.05) is 0 Å². The van der Waals surface area contributed by atoms with Crippen molar-refractivity contribution in [3.63, 3.8) is 0 Å². The lowest BCUT2D eigenvalue weighted by Gasteiger charge is -2.40. The number of carbonyl (C=O) groups is 2. The van der Waals surface area contributed by atoms with E-state index in [-0.39, 0.29) is 65.1 Å². The molecule has 2 aliphatic heterocycles. The first kappa shape index (κ1) is 37.4. The number of amides is 2. The van der Waals surface area contributed by atoms with Gasteiger partial charge in [0.05, 0.1) is 36.3 Å². The van der Waals surface area contributed by atoms with Crippen LogP contribution in [-0.2, 0) is 17.8 Å². The number of halogens is 4. The van der Waals surface area contributed by atoms with Crippen LogP contribution < -0.4 is 5.69 Å². The summed E-state index contributed by atoms with van der Waals surface area (Å²) in [6, 6.07) is 8.67. The largest absolute Gasteiger partial charge is 0.416 e. The standard InChI is InChI=1S/C31H35ClF3N9O7S/c1-51-18-21-4-3-11-41(21)28(46)22-5-2-10-36-26(22)44-27(29(47)40-12-14-52(49,50)15-13-40)37-24(38-44)17-43-30(48)42(16-23(45)31(33,34)35)25(39-43)19-6-8-20(32)9-7-19/h2,5-10,21,23,45,49-50H,3-4,11-18H2,1H3/t21?,23-/m0/s1. The van der Waals surface area contributed by atoms with Crippen molar-refractivity contribution in [2.75, 3.05) is 44.9 Å². The molecule has 0 bridgehead atoms. The molecule has 2 fully saturated rings. The van der Waals surface area contributed by atoms with E-state index >= 15 is 0 Å². The zero-order chi connectivity index (χ0) is 37.4. The lowest BCUT2D eigenvalue weighted by atomic mass is 10.2. The summed E-state index contributed by atoms with van der Waals surface area (Å²) in [6.07, 6.45) is -5.06. The minimum absolute atomic E-state index is 0.0142. The average molecular weight is 770 g/mol. The van der Waals surface area contributed by atoms with Gasteiger partial charge in [-0.25, -0.2) is 19.4 Å². The van der Waals surface area contributed by atoms with Gasteiger partial charge in [-0.15, -0.1) is 10.2 Å². The lowest BCUT2D eigenvalue weighted by molar-refractivity contribution is -0.207. The van der Waals surface area contributed by atoms with Gasteiger partial charge in [-0.3, -0.25) is 23.3 Å². The molecule has 0 aliphatic carbocycles. The second kappa shape index (κ2) is 15.0. The number of likely N-dealkylation sites (tertiary alicyclic amines) is 1. The second-order valence-electron chi connectivity index (χ2n) is 12.3. The Labute approximate surface area is 300 Å². The summed E-state index contributed by atoms with van der Waals surface area (Å²) < 4.78 is 68.3. The van der Waals surface area contributed by atoms with Crippen LogP contribution >= 0.6 is 22.2 Å². The highest BCUT2D eigenvalue weighted by Crippen LogP contribution is 2.40. The molecule has 21 heteroatoms. The van der Waals surface area contributed by atoms with Gasteiger partial charge in [-0.05, 0) is 49.2 Å². The molecule has 280 valence electrons. The van der Waals surface area contributed by atoms with Crippen LogP contribution in [0, 0.1) is 0 Å². The third-order valence-electron chi connectivity index (χ3n) is 8.77. The van der Waals surface area contributed by atoms with Crippen LogP contribution in [0.3, 0.4) is 0 Å². The third-order valence-corrected chi connectivity index (χ3v) is 10.7. The topological polar surface area (TPSA) is 194 Å². The maximum absolute atomic E-state index is 14.0. The number of hydrogen-bond acceptors (Lipinski definition) is 11. The molecule has 3 aromatic heterocycles. The molecule has 16 nitrogen and oxygen atoms in total. The highest BCUT2D eigenvalue weighted by Gasteiger charge is 2.40. The van der Waals surface area contributed by atoms with Crippen molar-refractivity contribution in [3.05, 3.63) is 75.3 Å². The number of methoxy groups -OCH3 is 1. The van der Waals surface area contributed by atoms with Gasteiger partial charge < -0.3 is 19.6 Å². The summed E-state index contributed by atoms with van der Waals surface area (Å²) in [4.78, 5) is 53.3. The predicted molar refractivity (Wildman–Crippen MR) is 182 cm³/mol. The highest BCUT2D eigenvalue weighted by atomic mass is 35.5. The van der Waals surface area contributed by atoms with E-state index in [4.69, 9.17) is 16.3 Å². The van der Waals surface area contributed by atoms with Crippen LogP contribution in [0.4, 0.5) is 13.2 Å². The van der Waals surface area contributed by atoms with E-state index in [9.17, 15) is 41.8 Å². The monoisotopic (exact) mass is 769 g/mol. The molecule has 0 saturated carbocycles. The Bertz CT molecular complexity index is 1990. The number of benzene rings is 1. The number of rotatable bonds is 10. The summed E-state index contributed by atoms with van der Waals surface area (Å²) in [6.45, 7) is -0.966. The van der Waals surface area contributed by atoms with Crippen LogP contribution in [0.25, 0.3) is 17.2 Å². The molecule has 1 aromatic carbocycles. The third kappa shape index (κ3) is 7.86. The van der Waals surface area contributed by atoms with Crippen LogP contribution in [-0.4, -0.2) is 133 Å². The molecule has 6 rings (SSSR count). The summed E-state index contributed by atoms with van der Waals surface area (Å²) in [7, 11) is -1.33. The van der Waals surface area contributed by atoms with Gasteiger partial charge in [0.1, 0.15) is 6.54 Å². The van der Waals surface area contributed by atoms with Gasteiger partial charge in [-0.2, -0.15) is 28.4 Å². The van der Waals surface area contributed by atoms with E-state index in [2.05, 4.69) is 20.2 Å². The number of aliphatic hydroxyl groups excluding tert-OH is 1. The number of carbonyl (C=O) groups excluding carboxylic acids is 2. The first-order valence-electron chi connectivity index (χ1n) is 16.1. The zero-order valence-corrected chi connectivity index (χ0v) is 29.3.